The summed E-state index contributed by atoms with van der Waals surface area (Å²) in [6.07, 6.45) is 19.6. The number of hydrogen-bond acceptors (Lipinski definition) is 5. The van der Waals surface area contributed by atoms with E-state index in [2.05, 4.69) is 229 Å². The molecule has 0 spiro atoms. The predicted molar refractivity (Wildman–Crippen MR) is 457 cm³/mol. The van der Waals surface area contributed by atoms with Crippen LogP contribution in [-0.2, 0) is 32.1 Å². The zero-order valence-corrected chi connectivity index (χ0v) is 66.8. The molecule has 558 valence electrons. The van der Waals surface area contributed by atoms with Crippen LogP contribution < -0.4 is 23.7 Å². The summed E-state index contributed by atoms with van der Waals surface area (Å²) in [5.74, 6) is 36.7. The van der Waals surface area contributed by atoms with Crippen LogP contribution in [0.15, 0.2) is 231 Å². The highest BCUT2D eigenvalue weighted by molar-refractivity contribution is 5.52. The topological polar surface area (TPSA) is 46.2 Å². The van der Waals surface area contributed by atoms with E-state index in [1.807, 2.05) is 144 Å². The van der Waals surface area contributed by atoms with E-state index in [1.54, 1.807) is 0 Å². The van der Waals surface area contributed by atoms with Crippen LogP contribution in [0.2, 0.25) is 0 Å². The molecule has 10 rings (SSSR count). The Hall–Kier alpha value is -11.0. The molecular weight excluding hydrogens is 1320 g/mol. The number of aryl methyl sites for hydroxylation is 7. The van der Waals surface area contributed by atoms with Gasteiger partial charge < -0.3 is 23.7 Å². The van der Waals surface area contributed by atoms with Crippen LogP contribution in [0, 0.1) is 73.1 Å². The average Bonchev–Trinajstić information content (AvgIpc) is 0.902. The lowest BCUT2D eigenvalue weighted by Crippen LogP contribution is -1.92. The van der Waals surface area contributed by atoms with E-state index in [0.29, 0.717) is 33.0 Å². The van der Waals surface area contributed by atoms with Crippen molar-refractivity contribution in [3.8, 4) is 88.0 Å². The van der Waals surface area contributed by atoms with Crippen molar-refractivity contribution in [2.24, 2.45) is 0 Å². The third-order valence-electron chi connectivity index (χ3n) is 17.3. The van der Waals surface area contributed by atoms with Crippen molar-refractivity contribution in [3.05, 3.63) is 325 Å². The quantitative estimate of drug-likeness (QED) is 0.0399. The lowest BCUT2D eigenvalue weighted by molar-refractivity contribution is 0.340. The number of benzene rings is 10. The van der Waals surface area contributed by atoms with Crippen LogP contribution in [-0.4, -0.2) is 33.0 Å². The van der Waals surface area contributed by atoms with Gasteiger partial charge in [0.25, 0.3) is 0 Å². The molecule has 10 aromatic carbocycles. The number of ether oxygens (including phenoxy) is 5. The second-order valence-electron chi connectivity index (χ2n) is 26.3. The SMILES string of the molecule is CCCCCc1ccc(C#Cc2ccc(OCC)cc2)cc1.CCCCCc1ccc(C#Cc2ccc(OCC)cc2C)cc1.CCCCc1ccc(C#Cc2ccc(OCC)cc2)cc1.CCCCc1ccc(C#Cc2ccc(OCC)cc2C)cc1.CCCc1ccc(C#Cc2ccc(OCC)cc2)cc1. The summed E-state index contributed by atoms with van der Waals surface area (Å²) in [7, 11) is 0. The maximum atomic E-state index is 5.51. The highest BCUT2D eigenvalue weighted by Gasteiger charge is 2.04. The highest BCUT2D eigenvalue weighted by Crippen LogP contribution is 2.21. The summed E-state index contributed by atoms with van der Waals surface area (Å²) in [6, 6.07) is 78.8. The summed E-state index contributed by atoms with van der Waals surface area (Å²) in [4.78, 5) is 0. The Labute approximate surface area is 651 Å². The summed E-state index contributed by atoms with van der Waals surface area (Å²) in [5.41, 5.74) is 19.7. The van der Waals surface area contributed by atoms with Gasteiger partial charge in [-0.2, -0.15) is 0 Å². The van der Waals surface area contributed by atoms with E-state index < -0.39 is 0 Å². The van der Waals surface area contributed by atoms with Crippen LogP contribution in [0.5, 0.6) is 28.7 Å². The molecule has 0 atom stereocenters. The van der Waals surface area contributed by atoms with Gasteiger partial charge in [0, 0.05) is 55.6 Å². The van der Waals surface area contributed by atoms with Crippen molar-refractivity contribution < 1.29 is 23.7 Å². The first-order valence-electron chi connectivity index (χ1n) is 39.6. The molecule has 108 heavy (non-hydrogen) atoms. The second kappa shape index (κ2) is 52.1. The van der Waals surface area contributed by atoms with Crippen molar-refractivity contribution in [3.63, 3.8) is 0 Å². The first-order valence-corrected chi connectivity index (χ1v) is 39.6. The Morgan fingerprint density at radius 2 is 0.398 bits per heavy atom. The molecule has 0 bridgehead atoms. The smallest absolute Gasteiger partial charge is 0.119 e. The van der Waals surface area contributed by atoms with E-state index in [-0.39, 0.29) is 0 Å². The minimum atomic E-state index is 0.689. The lowest BCUT2D eigenvalue weighted by Gasteiger charge is -2.05. The van der Waals surface area contributed by atoms with E-state index in [1.165, 1.54) is 111 Å². The van der Waals surface area contributed by atoms with Crippen LogP contribution >= 0.6 is 0 Å². The molecule has 10 aromatic rings. The van der Waals surface area contributed by atoms with Gasteiger partial charge in [0.2, 0.25) is 0 Å². The first-order chi connectivity index (χ1) is 52.9. The molecule has 0 aliphatic carbocycles. The normalized spacial score (nSPS) is 9.89. The fourth-order valence-electron chi connectivity index (χ4n) is 11.2. The molecule has 0 saturated carbocycles. The van der Waals surface area contributed by atoms with Gasteiger partial charge in [0.05, 0.1) is 33.0 Å². The standard InChI is InChI=1S/C22H26O.2C21H24O.C20H22O.C19H20O/c1-4-6-7-8-19-9-11-20(12-10-19)13-14-21-15-16-22(23-5-2)17-18(21)3;1-4-6-7-18-8-10-19(11-9-18)12-13-20-14-15-21(22-5-2)16-17(20)3;1-3-5-6-7-18-8-10-19(11-9-18)12-13-20-14-16-21(17-15-20)22-4-2;1-3-5-6-17-7-9-18(10-8-17)11-12-19-13-15-20(16-14-19)21-4-2;1-3-5-16-6-8-17(9-7-16)10-11-18-12-14-19(15-13-18)20-4-2/h9-12,15-17H,4-8H2,1-3H3;8-11,14-16H,4-7H2,1-3H3;8-11,14-17H,3-7H2,1-2H3;7-10,13-16H,3-6H2,1-2H3;6-9,12-15H,3-5H2,1-2H3. The molecular formula is C103H116O5. The number of hydrogen-bond donors (Lipinski definition) is 0. The highest BCUT2D eigenvalue weighted by atomic mass is 16.5. The van der Waals surface area contributed by atoms with Crippen molar-refractivity contribution in [1.29, 1.82) is 0 Å². The van der Waals surface area contributed by atoms with Gasteiger partial charge in [-0.1, -0.05) is 199 Å². The summed E-state index contributed by atoms with van der Waals surface area (Å²) in [5, 5.41) is 0. The van der Waals surface area contributed by atoms with Crippen molar-refractivity contribution >= 4 is 0 Å². The fraction of sp³-hybridized carbons (Fsp3) is 0.320. The third-order valence-corrected chi connectivity index (χ3v) is 17.3. The average molecular weight is 1430 g/mol. The molecule has 0 aliphatic rings. The molecule has 0 heterocycles. The summed E-state index contributed by atoms with van der Waals surface area (Å²) in [6.45, 7) is 28.6. The molecule has 0 aromatic heterocycles. The Bertz CT molecular complexity index is 4430. The van der Waals surface area contributed by atoms with Gasteiger partial charge in [-0.15, -0.1) is 0 Å². The zero-order valence-electron chi connectivity index (χ0n) is 66.8. The summed E-state index contributed by atoms with van der Waals surface area (Å²) >= 11 is 0. The van der Waals surface area contributed by atoms with Crippen LogP contribution in [0.4, 0.5) is 0 Å². The van der Waals surface area contributed by atoms with Crippen molar-refractivity contribution in [2.75, 3.05) is 33.0 Å². The molecule has 0 saturated heterocycles. The van der Waals surface area contributed by atoms with E-state index in [4.69, 9.17) is 23.7 Å². The number of rotatable bonds is 26. The van der Waals surface area contributed by atoms with E-state index in [9.17, 15) is 0 Å². The fourth-order valence-corrected chi connectivity index (χ4v) is 11.2. The van der Waals surface area contributed by atoms with Gasteiger partial charge in [0.15, 0.2) is 0 Å². The largest absolute Gasteiger partial charge is 0.494 e. The van der Waals surface area contributed by atoms with Crippen molar-refractivity contribution in [1.82, 2.24) is 0 Å². The Balaban J connectivity index is 0.000000211. The van der Waals surface area contributed by atoms with Crippen LogP contribution in [0.3, 0.4) is 0 Å². The van der Waals surface area contributed by atoms with E-state index >= 15 is 0 Å². The van der Waals surface area contributed by atoms with Crippen LogP contribution in [0.25, 0.3) is 0 Å². The zero-order chi connectivity index (χ0) is 77.0. The van der Waals surface area contributed by atoms with Crippen LogP contribution in [0.1, 0.15) is 234 Å². The van der Waals surface area contributed by atoms with Gasteiger partial charge in [0.1, 0.15) is 28.7 Å². The van der Waals surface area contributed by atoms with Gasteiger partial charge >= 0.3 is 0 Å². The third kappa shape index (κ3) is 34.5. The van der Waals surface area contributed by atoms with Crippen molar-refractivity contribution in [2.45, 2.75) is 186 Å². The molecule has 0 amide bonds. The molecule has 0 radical (unpaired) electrons. The maximum absolute atomic E-state index is 5.51. The maximum Gasteiger partial charge on any atom is 0.119 e. The van der Waals surface area contributed by atoms with E-state index in [0.717, 1.165) is 115 Å². The molecule has 0 fully saturated rings. The minimum absolute atomic E-state index is 0.689. The first kappa shape index (κ1) is 85.9. The van der Waals surface area contributed by atoms with Gasteiger partial charge in [-0.05, 0) is 315 Å². The molecule has 5 heteroatoms. The Morgan fingerprint density at radius 3 is 0.620 bits per heavy atom. The van der Waals surface area contributed by atoms with Gasteiger partial charge in [-0.3, -0.25) is 0 Å². The predicted octanol–water partition coefficient (Wildman–Crippen LogP) is 25.1. The lowest BCUT2D eigenvalue weighted by atomic mass is 10.0. The molecule has 0 unspecified atom stereocenters. The second-order valence-corrected chi connectivity index (χ2v) is 26.3. The number of unbranched alkanes of at least 4 members (excludes halogenated alkanes) is 6. The monoisotopic (exact) mass is 1430 g/mol. The Morgan fingerprint density at radius 1 is 0.194 bits per heavy atom. The Kier molecular flexibility index (Phi) is 41.4. The minimum Gasteiger partial charge on any atom is -0.494 e. The van der Waals surface area contributed by atoms with Gasteiger partial charge in [-0.25, -0.2) is 0 Å². The summed E-state index contributed by atoms with van der Waals surface area (Å²) < 4.78 is 27.3. The molecule has 0 aliphatic heterocycles. The molecule has 5 nitrogen and oxygen atoms in total. The molecule has 0 N–H and O–H groups in total.